The molecule has 0 aromatic heterocycles. The average molecular weight is 424 g/mol. The number of carbonyl (C=O) groups is 1. The highest BCUT2D eigenvalue weighted by Gasteiger charge is 2.33. The minimum atomic E-state index is -4.54. The topological polar surface area (TPSA) is 56.4 Å². The van der Waals surface area contributed by atoms with Crippen LogP contribution in [0.2, 0.25) is 0 Å². The molecule has 9 heteroatoms. The summed E-state index contributed by atoms with van der Waals surface area (Å²) in [4.78, 5) is 13.6. The van der Waals surface area contributed by atoms with Crippen LogP contribution < -0.4 is 16.2 Å². The van der Waals surface area contributed by atoms with Gasteiger partial charge in [-0.05, 0) is 49.1 Å². The lowest BCUT2D eigenvalue weighted by Crippen LogP contribution is -2.34. The predicted molar refractivity (Wildman–Crippen MR) is 106 cm³/mol. The molecule has 1 aliphatic heterocycles. The number of urea groups is 1. The maximum absolute atomic E-state index is 13.1. The number of amides is 2. The Morgan fingerprint density at radius 1 is 1.13 bits per heavy atom. The van der Waals surface area contributed by atoms with E-state index in [4.69, 9.17) is 0 Å². The highest BCUT2D eigenvalue weighted by atomic mass is 19.4. The van der Waals surface area contributed by atoms with Gasteiger partial charge >= 0.3 is 12.2 Å². The van der Waals surface area contributed by atoms with Gasteiger partial charge in [0.05, 0.1) is 11.3 Å². The van der Waals surface area contributed by atoms with Gasteiger partial charge in [0.25, 0.3) is 0 Å². The van der Waals surface area contributed by atoms with Crippen molar-refractivity contribution in [3.05, 3.63) is 65.5 Å². The molecule has 2 aromatic rings. The summed E-state index contributed by atoms with van der Waals surface area (Å²) < 4.78 is 52.2. The summed E-state index contributed by atoms with van der Waals surface area (Å²) in [5, 5.41) is 2.34. The van der Waals surface area contributed by atoms with Crippen molar-refractivity contribution in [2.75, 3.05) is 18.9 Å². The number of nitrogens with one attached hydrogen (secondary N) is 3. The third-order valence-corrected chi connectivity index (χ3v) is 5.12. The fourth-order valence-electron chi connectivity index (χ4n) is 3.45. The molecule has 2 amide bonds. The molecule has 162 valence electrons. The smallest absolute Gasteiger partial charge is 0.328 e. The normalized spacial score (nSPS) is 19.0. The van der Waals surface area contributed by atoms with Crippen LogP contribution in [0.3, 0.4) is 0 Å². The zero-order valence-electron chi connectivity index (χ0n) is 16.5. The minimum absolute atomic E-state index is 0.0792. The molecule has 5 nitrogen and oxygen atoms in total. The Morgan fingerprint density at radius 2 is 1.83 bits per heavy atom. The first kappa shape index (κ1) is 22.0. The van der Waals surface area contributed by atoms with Crippen LogP contribution in [-0.4, -0.2) is 30.6 Å². The molecule has 0 aliphatic carbocycles. The van der Waals surface area contributed by atoms with Gasteiger partial charge in [-0.15, -0.1) is 0 Å². The second-order valence-corrected chi connectivity index (χ2v) is 7.36. The largest absolute Gasteiger partial charge is 0.418 e. The third kappa shape index (κ3) is 5.70. The van der Waals surface area contributed by atoms with Crippen molar-refractivity contribution in [1.82, 2.24) is 15.8 Å². The first-order valence-electron chi connectivity index (χ1n) is 9.69. The molecule has 0 bridgehead atoms. The number of rotatable bonds is 6. The zero-order chi connectivity index (χ0) is 21.7. The quantitative estimate of drug-likeness (QED) is 0.590. The van der Waals surface area contributed by atoms with E-state index in [0.717, 1.165) is 24.5 Å². The van der Waals surface area contributed by atoms with Gasteiger partial charge < -0.3 is 10.2 Å². The van der Waals surface area contributed by atoms with Gasteiger partial charge in [-0.25, -0.2) is 9.18 Å². The van der Waals surface area contributed by atoms with E-state index in [-0.39, 0.29) is 23.6 Å². The molecule has 3 N–H and O–H groups in total. The summed E-state index contributed by atoms with van der Waals surface area (Å²) >= 11 is 0. The molecular formula is C21H24F4N4O. The predicted octanol–water partition coefficient (Wildman–Crippen LogP) is 4.70. The maximum atomic E-state index is 13.1. The second-order valence-electron chi connectivity index (χ2n) is 7.36. The molecular weight excluding hydrogens is 400 g/mol. The van der Waals surface area contributed by atoms with Crippen molar-refractivity contribution in [3.8, 4) is 0 Å². The van der Waals surface area contributed by atoms with E-state index in [1.807, 2.05) is 0 Å². The van der Waals surface area contributed by atoms with Crippen molar-refractivity contribution in [1.29, 1.82) is 0 Å². The Labute approximate surface area is 172 Å². The van der Waals surface area contributed by atoms with Crippen LogP contribution in [0.25, 0.3) is 0 Å². The summed E-state index contributed by atoms with van der Waals surface area (Å²) in [5.74, 6) is -0.277. The molecule has 1 heterocycles. The fraction of sp³-hybridized carbons (Fsp3) is 0.381. The van der Waals surface area contributed by atoms with Gasteiger partial charge in [-0.1, -0.05) is 24.3 Å². The van der Waals surface area contributed by atoms with Crippen LogP contribution in [0.5, 0.6) is 0 Å². The van der Waals surface area contributed by atoms with Crippen LogP contribution >= 0.6 is 0 Å². The number of benzene rings is 2. The Hall–Kier alpha value is -2.65. The van der Waals surface area contributed by atoms with Crippen LogP contribution in [0.15, 0.2) is 48.5 Å². The fourth-order valence-corrected chi connectivity index (χ4v) is 3.45. The van der Waals surface area contributed by atoms with E-state index in [2.05, 4.69) is 16.2 Å². The second kappa shape index (κ2) is 9.44. The van der Waals surface area contributed by atoms with Crippen molar-refractivity contribution < 1.29 is 22.4 Å². The van der Waals surface area contributed by atoms with E-state index in [1.54, 1.807) is 19.2 Å². The van der Waals surface area contributed by atoms with Gasteiger partial charge in [0, 0.05) is 25.7 Å². The molecule has 2 aromatic carbocycles. The number of para-hydroxylation sites is 1. The van der Waals surface area contributed by atoms with E-state index in [1.165, 1.54) is 35.2 Å². The minimum Gasteiger partial charge on any atom is -0.328 e. The molecule has 2 atom stereocenters. The lowest BCUT2D eigenvalue weighted by atomic mass is 10.00. The first-order valence-corrected chi connectivity index (χ1v) is 9.69. The number of hydrazine groups is 1. The van der Waals surface area contributed by atoms with Crippen LogP contribution in [0.4, 0.5) is 28.0 Å². The molecule has 30 heavy (non-hydrogen) atoms. The van der Waals surface area contributed by atoms with Crippen LogP contribution in [0.1, 0.15) is 36.4 Å². The van der Waals surface area contributed by atoms with Crippen molar-refractivity contribution in [2.45, 2.75) is 37.5 Å². The molecule has 3 rings (SSSR count). The molecule has 1 aliphatic rings. The molecule has 0 saturated carbocycles. The number of carbonyl (C=O) groups excluding carboxylic acids is 1. The Bertz CT molecular complexity index is 857. The monoisotopic (exact) mass is 424 g/mol. The van der Waals surface area contributed by atoms with Gasteiger partial charge in [-0.2, -0.15) is 13.2 Å². The number of hydrogen-bond donors (Lipinski definition) is 3. The van der Waals surface area contributed by atoms with Crippen LogP contribution in [-0.2, 0) is 6.18 Å². The summed E-state index contributed by atoms with van der Waals surface area (Å²) in [7, 11) is 1.55. The van der Waals surface area contributed by atoms with E-state index in [9.17, 15) is 22.4 Å². The third-order valence-electron chi connectivity index (χ3n) is 5.12. The molecule has 0 spiro atoms. The highest BCUT2D eigenvalue weighted by Crippen LogP contribution is 2.34. The summed E-state index contributed by atoms with van der Waals surface area (Å²) in [6, 6.07) is 10.9. The number of nitrogens with zero attached hydrogens (tertiary/aromatic N) is 1. The van der Waals surface area contributed by atoms with Crippen LogP contribution in [0, 0.1) is 5.82 Å². The van der Waals surface area contributed by atoms with E-state index < -0.39 is 17.8 Å². The maximum Gasteiger partial charge on any atom is 0.418 e. The molecule has 2 unspecified atom stereocenters. The van der Waals surface area contributed by atoms with Gasteiger partial charge in [0.15, 0.2) is 0 Å². The summed E-state index contributed by atoms with van der Waals surface area (Å²) in [5.41, 5.74) is 6.24. The van der Waals surface area contributed by atoms with E-state index >= 15 is 0 Å². The lowest BCUT2D eigenvalue weighted by molar-refractivity contribution is -0.136. The molecule has 1 fully saturated rings. The average Bonchev–Trinajstić information content (AvgIpc) is 3.17. The number of hydrogen-bond acceptors (Lipinski definition) is 3. The highest BCUT2D eigenvalue weighted by molar-refractivity contribution is 5.90. The van der Waals surface area contributed by atoms with E-state index in [0.29, 0.717) is 13.0 Å². The SMILES string of the molecule is CN(CCCC1CC(c2ccc(F)cc2)NN1)C(=O)Nc1ccccc1C(F)(F)F. The van der Waals surface area contributed by atoms with Crippen molar-refractivity contribution in [3.63, 3.8) is 0 Å². The van der Waals surface area contributed by atoms with Gasteiger partial charge in [0.1, 0.15) is 5.82 Å². The summed E-state index contributed by atoms with van der Waals surface area (Å²) in [6.07, 6.45) is -2.26. The molecule has 1 saturated heterocycles. The standard InChI is InChI=1S/C21H24F4N4O/c1-29(20(30)26-18-7-3-2-6-17(18)21(23,24)25)12-4-5-16-13-19(28-27-16)14-8-10-15(22)11-9-14/h2-3,6-11,16,19,27-28H,4-5,12-13H2,1H3,(H,26,30). The number of alkyl halides is 3. The molecule has 0 radical (unpaired) electrons. The van der Waals surface area contributed by atoms with Gasteiger partial charge in [-0.3, -0.25) is 10.9 Å². The lowest BCUT2D eigenvalue weighted by Gasteiger charge is -2.20. The summed E-state index contributed by atoms with van der Waals surface area (Å²) in [6.45, 7) is 0.402. The Morgan fingerprint density at radius 3 is 2.53 bits per heavy atom. The number of anilines is 1. The Balaban J connectivity index is 1.44. The first-order chi connectivity index (χ1) is 14.2. The van der Waals surface area contributed by atoms with Gasteiger partial charge in [0.2, 0.25) is 0 Å². The van der Waals surface area contributed by atoms with Crippen molar-refractivity contribution >= 4 is 11.7 Å². The Kier molecular flexibility index (Phi) is 6.94. The number of halogens is 4. The zero-order valence-corrected chi connectivity index (χ0v) is 16.5. The van der Waals surface area contributed by atoms with Crippen molar-refractivity contribution in [2.24, 2.45) is 0 Å².